The number of hydrogen-bond donors (Lipinski definition) is 5. The van der Waals surface area contributed by atoms with Crippen LogP contribution in [-0.2, 0) is 19.1 Å². The molecular formula is C42H57NO10. The van der Waals surface area contributed by atoms with Crippen LogP contribution in [0, 0.1) is 41.4 Å². The van der Waals surface area contributed by atoms with Crippen LogP contribution < -0.4 is 10.1 Å². The van der Waals surface area contributed by atoms with Crippen molar-refractivity contribution in [2.75, 3.05) is 12.1 Å². The van der Waals surface area contributed by atoms with Crippen LogP contribution in [0.1, 0.15) is 105 Å². The number of aliphatic hydroxyl groups is 3. The van der Waals surface area contributed by atoms with Gasteiger partial charge in [-0.2, -0.15) is 0 Å². The van der Waals surface area contributed by atoms with Gasteiger partial charge in [-0.05, 0) is 50.5 Å². The average molecular weight is 736 g/mol. The first-order valence-electron chi connectivity index (χ1n) is 18.2. The molecule has 290 valence electrons. The van der Waals surface area contributed by atoms with E-state index >= 15 is 0 Å². The zero-order valence-corrected chi connectivity index (χ0v) is 33.3. The molecule has 0 radical (unpaired) electrons. The number of allylic oxidation sites excluding steroid dienone is 6. The second-order valence-corrected chi connectivity index (χ2v) is 16.3. The van der Waals surface area contributed by atoms with Gasteiger partial charge in [-0.1, -0.05) is 79.7 Å². The van der Waals surface area contributed by atoms with Crippen molar-refractivity contribution >= 4 is 28.9 Å². The van der Waals surface area contributed by atoms with Gasteiger partial charge in [0, 0.05) is 46.4 Å². The van der Waals surface area contributed by atoms with Crippen LogP contribution >= 0.6 is 0 Å². The Kier molecular flexibility index (Phi) is 12.0. The number of ketones is 1. The summed E-state index contributed by atoms with van der Waals surface area (Å²) in [6.07, 6.45) is 4.10. The van der Waals surface area contributed by atoms with E-state index in [0.717, 1.165) is 0 Å². The predicted molar refractivity (Wildman–Crippen MR) is 203 cm³/mol. The van der Waals surface area contributed by atoms with Crippen molar-refractivity contribution in [2.24, 2.45) is 34.5 Å². The molecule has 0 saturated carbocycles. The van der Waals surface area contributed by atoms with Crippen LogP contribution in [0.2, 0.25) is 0 Å². The van der Waals surface area contributed by atoms with Gasteiger partial charge in [-0.3, -0.25) is 14.4 Å². The molecule has 0 saturated heterocycles. The minimum Gasteiger partial charge on any atom is -0.505 e. The van der Waals surface area contributed by atoms with E-state index < -0.39 is 64.4 Å². The summed E-state index contributed by atoms with van der Waals surface area (Å²) in [4.78, 5) is 40.2. The molecule has 7 atom stereocenters. The van der Waals surface area contributed by atoms with Crippen LogP contribution in [0.5, 0.6) is 11.5 Å². The van der Waals surface area contributed by atoms with Gasteiger partial charge in [0.15, 0.2) is 11.5 Å². The van der Waals surface area contributed by atoms with Crippen LogP contribution in [0.3, 0.4) is 0 Å². The van der Waals surface area contributed by atoms with Gasteiger partial charge >= 0.3 is 5.97 Å². The molecule has 0 fully saturated rings. The summed E-state index contributed by atoms with van der Waals surface area (Å²) < 4.78 is 17.7. The molecular weight excluding hydrogens is 678 g/mol. The summed E-state index contributed by atoms with van der Waals surface area (Å²) >= 11 is 0. The van der Waals surface area contributed by atoms with Gasteiger partial charge in [-0.15, -0.1) is 0 Å². The summed E-state index contributed by atoms with van der Waals surface area (Å²) in [6, 6.07) is 0. The van der Waals surface area contributed by atoms with Gasteiger partial charge in [0.1, 0.15) is 17.3 Å². The number of ether oxygens (including phenoxy) is 3. The molecule has 0 unspecified atom stereocenters. The fourth-order valence-corrected chi connectivity index (χ4v) is 7.82. The second-order valence-electron chi connectivity index (χ2n) is 16.3. The number of phenolic OH excluding ortho intramolecular Hbond substituents is 1. The molecule has 1 aliphatic carbocycles. The zero-order chi connectivity index (χ0) is 40.1. The first-order valence-corrected chi connectivity index (χ1v) is 18.2. The maximum absolute atomic E-state index is 14.0. The first-order chi connectivity index (χ1) is 24.5. The standard InChI is InChI=1S/C42H57NO10/c1-19-15-14-16-41(10,11)26(8)21(3)32(45)23(5)33(46)25(7)39(49)42(12,13)17-20(2)36-30-28-29(34(47)24(6)37(30)52-18-51-36)35(48)31(43-40(19)50)22(4)38(28)53-27(9)44/h14-17,21,23,25-26,32-33,39,45-46,48-49H,18H2,1-13H3,(H,43,50)/b16-14-,19-15+,20-17+/t21-,23-,25+,26+,32-,33+,39-/m1/s1. The third-order valence-electron chi connectivity index (χ3n) is 11.7. The van der Waals surface area contributed by atoms with Crippen molar-refractivity contribution in [1.29, 1.82) is 0 Å². The number of amides is 1. The highest BCUT2D eigenvalue weighted by molar-refractivity contribution is 6.21. The number of benzene rings is 1. The van der Waals surface area contributed by atoms with Gasteiger partial charge < -0.3 is 40.0 Å². The monoisotopic (exact) mass is 735 g/mol. The minimum absolute atomic E-state index is 0.0604. The fraction of sp³-hybridized carbons (Fsp3) is 0.548. The van der Waals surface area contributed by atoms with Gasteiger partial charge in [-0.25, -0.2) is 0 Å². The SMILES string of the molecule is CC(=O)Oc1c(C)c2c(O)c3c1C1=C(OCOC1=C(C)C3=O)/C(C)=C/C(C)(C)[C@H](O)[C@@H](C)[C@@H](O)[C@H](C)[C@H](O)[C@H](C)[C@H](C)C(C)(C)/C=C\C=C(/C)C(=O)N2. The molecule has 0 spiro atoms. The van der Waals surface area contributed by atoms with Crippen molar-refractivity contribution in [3.63, 3.8) is 0 Å². The molecule has 1 amide bonds. The average Bonchev–Trinajstić information content (AvgIpc) is 3.09. The summed E-state index contributed by atoms with van der Waals surface area (Å²) in [5.74, 6) is -3.57. The molecule has 1 aromatic rings. The Bertz CT molecular complexity index is 1840. The highest BCUT2D eigenvalue weighted by Crippen LogP contribution is 2.53. The Morgan fingerprint density at radius 1 is 0.849 bits per heavy atom. The van der Waals surface area contributed by atoms with Crippen LogP contribution in [0.15, 0.2) is 52.5 Å². The first kappa shape index (κ1) is 41.6. The Hall–Kier alpha value is -4.19. The smallest absolute Gasteiger partial charge is 0.308 e. The lowest BCUT2D eigenvalue weighted by atomic mass is 9.68. The van der Waals surface area contributed by atoms with Crippen molar-refractivity contribution in [3.8, 4) is 11.5 Å². The normalized spacial score (nSPS) is 32.0. The molecule has 3 aliphatic heterocycles. The fourth-order valence-electron chi connectivity index (χ4n) is 7.82. The van der Waals surface area contributed by atoms with Gasteiger partial charge in [0.25, 0.3) is 5.91 Å². The second kappa shape index (κ2) is 15.3. The molecule has 11 heteroatoms. The Balaban J connectivity index is 2.06. The topological polar surface area (TPSA) is 172 Å². The number of Topliss-reactive ketones (excluding diaryl/α,β-unsaturated/α-hetero) is 1. The highest BCUT2D eigenvalue weighted by atomic mass is 16.7. The number of esters is 1. The van der Waals surface area contributed by atoms with Gasteiger partial charge in [0.05, 0.1) is 35.1 Å². The van der Waals surface area contributed by atoms with Crippen LogP contribution in [-0.4, -0.2) is 63.2 Å². The lowest BCUT2D eigenvalue weighted by molar-refractivity contribution is -0.132. The van der Waals surface area contributed by atoms with E-state index in [9.17, 15) is 34.8 Å². The lowest BCUT2D eigenvalue weighted by Gasteiger charge is -2.41. The van der Waals surface area contributed by atoms with Crippen LogP contribution in [0.25, 0.3) is 5.57 Å². The number of hydrogen-bond acceptors (Lipinski definition) is 10. The number of carbonyl (C=O) groups is 3. The molecule has 3 heterocycles. The third kappa shape index (κ3) is 7.75. The van der Waals surface area contributed by atoms with Gasteiger partial charge in [0.2, 0.25) is 6.79 Å². The maximum Gasteiger partial charge on any atom is 0.308 e. The number of aromatic hydroxyl groups is 1. The number of aliphatic hydroxyl groups excluding tert-OH is 3. The summed E-state index contributed by atoms with van der Waals surface area (Å²) in [7, 11) is 0. The van der Waals surface area contributed by atoms with Crippen molar-refractivity contribution < 1.29 is 49.0 Å². The van der Waals surface area contributed by atoms with E-state index in [1.165, 1.54) is 6.92 Å². The number of fused-ring (bicyclic) bond motifs is 14. The molecule has 4 bridgehead atoms. The molecule has 0 aromatic heterocycles. The van der Waals surface area contributed by atoms with E-state index in [1.807, 2.05) is 47.6 Å². The molecule has 4 aliphatic rings. The van der Waals surface area contributed by atoms with E-state index in [-0.39, 0.29) is 75.0 Å². The number of rotatable bonds is 1. The molecule has 5 rings (SSSR count). The Morgan fingerprint density at radius 2 is 1.43 bits per heavy atom. The summed E-state index contributed by atoms with van der Waals surface area (Å²) in [5.41, 5.74) is -0.225. The van der Waals surface area contributed by atoms with E-state index in [0.29, 0.717) is 5.57 Å². The van der Waals surface area contributed by atoms with E-state index in [2.05, 4.69) is 5.32 Å². The quantitative estimate of drug-likeness (QED) is 0.116. The third-order valence-corrected chi connectivity index (χ3v) is 11.7. The number of carbonyl (C=O) groups excluding carboxylic acids is 3. The van der Waals surface area contributed by atoms with Crippen molar-refractivity contribution in [2.45, 2.75) is 108 Å². The number of phenols is 1. The van der Waals surface area contributed by atoms with E-state index in [1.54, 1.807) is 59.8 Å². The molecule has 5 N–H and O–H groups in total. The molecule has 53 heavy (non-hydrogen) atoms. The number of anilines is 1. The maximum atomic E-state index is 14.0. The zero-order valence-electron chi connectivity index (χ0n) is 33.3. The number of nitrogens with one attached hydrogen (secondary N) is 1. The predicted octanol–water partition coefficient (Wildman–Crippen LogP) is 6.89. The van der Waals surface area contributed by atoms with Crippen LogP contribution in [0.4, 0.5) is 5.69 Å². The van der Waals surface area contributed by atoms with Crippen molar-refractivity contribution in [1.82, 2.24) is 0 Å². The minimum atomic E-state index is -1.08. The summed E-state index contributed by atoms with van der Waals surface area (Å²) in [6.45, 7) is 22.6. The largest absolute Gasteiger partial charge is 0.505 e. The summed E-state index contributed by atoms with van der Waals surface area (Å²) in [5, 5.41) is 49.5. The molecule has 1 aromatic carbocycles. The van der Waals surface area contributed by atoms with Crippen molar-refractivity contribution in [3.05, 3.63) is 69.2 Å². The van der Waals surface area contributed by atoms with E-state index in [4.69, 9.17) is 14.2 Å². The Labute approximate surface area is 313 Å². The highest BCUT2D eigenvalue weighted by Gasteiger charge is 2.44. The lowest BCUT2D eigenvalue weighted by Crippen LogP contribution is -2.46. The Morgan fingerprint density at radius 3 is 2.04 bits per heavy atom. The molecule has 11 nitrogen and oxygen atoms in total.